The maximum absolute atomic E-state index is 13.2. The Balaban J connectivity index is 1.41. The third-order valence-corrected chi connectivity index (χ3v) is 7.10. The Morgan fingerprint density at radius 1 is 1.02 bits per heavy atom. The third kappa shape index (κ3) is 4.48. The third-order valence-electron chi connectivity index (χ3n) is 7.10. The molecule has 40 heavy (non-hydrogen) atoms. The van der Waals surface area contributed by atoms with Gasteiger partial charge < -0.3 is 9.30 Å². The zero-order valence-electron chi connectivity index (χ0n) is 21.8. The maximum Gasteiger partial charge on any atom is 0.434 e. The fourth-order valence-electron chi connectivity index (χ4n) is 4.88. The summed E-state index contributed by atoms with van der Waals surface area (Å²) in [5, 5.41) is 0.670. The quantitative estimate of drug-likeness (QED) is 0.289. The monoisotopic (exact) mass is 547 g/mol. The molecule has 12 heteroatoms. The van der Waals surface area contributed by atoms with E-state index in [0.29, 0.717) is 33.9 Å². The van der Waals surface area contributed by atoms with Gasteiger partial charge >= 0.3 is 6.18 Å². The van der Waals surface area contributed by atoms with Crippen molar-refractivity contribution in [1.29, 1.82) is 0 Å². The number of halogens is 3. The number of rotatable bonds is 6. The van der Waals surface area contributed by atoms with E-state index in [4.69, 9.17) is 9.72 Å². The van der Waals surface area contributed by atoms with Crippen LogP contribution in [0.15, 0.2) is 59.9 Å². The Bertz CT molecular complexity index is 1790. The van der Waals surface area contributed by atoms with Crippen LogP contribution in [0.1, 0.15) is 48.7 Å². The molecule has 0 aliphatic heterocycles. The van der Waals surface area contributed by atoms with Gasteiger partial charge in [-0.1, -0.05) is 24.3 Å². The van der Waals surface area contributed by atoms with Gasteiger partial charge in [-0.3, -0.25) is 9.36 Å². The van der Waals surface area contributed by atoms with E-state index in [0.717, 1.165) is 30.3 Å². The highest BCUT2D eigenvalue weighted by molar-refractivity contribution is 5.78. The summed E-state index contributed by atoms with van der Waals surface area (Å²) in [6, 6.07) is 9.62. The SMILES string of the molecule is COc1ncnc(C2CC2)c1-c1ncc2ccc(=O)n([C@H](C)c3ccc(-c4nc(C(F)(F)F)cn4C)cc3)c2n1. The smallest absolute Gasteiger partial charge is 0.434 e. The summed E-state index contributed by atoms with van der Waals surface area (Å²) in [6.45, 7) is 1.86. The molecule has 4 heterocycles. The summed E-state index contributed by atoms with van der Waals surface area (Å²) in [5.74, 6) is 1.21. The molecule has 0 bridgehead atoms. The second kappa shape index (κ2) is 9.54. The van der Waals surface area contributed by atoms with Crippen molar-refractivity contribution < 1.29 is 17.9 Å². The molecule has 0 saturated heterocycles. The number of aromatic nitrogens is 7. The summed E-state index contributed by atoms with van der Waals surface area (Å²) in [7, 11) is 3.04. The second-order valence-corrected chi connectivity index (χ2v) is 9.79. The number of imidazole rings is 1. The number of ether oxygens (including phenoxy) is 1. The number of methoxy groups -OCH3 is 1. The van der Waals surface area contributed by atoms with Crippen molar-refractivity contribution in [2.45, 2.75) is 37.9 Å². The minimum atomic E-state index is -4.53. The van der Waals surface area contributed by atoms with Crippen LogP contribution in [0.3, 0.4) is 0 Å². The molecule has 1 saturated carbocycles. The fraction of sp³-hybridized carbons (Fsp3) is 0.286. The normalized spacial score (nSPS) is 14.4. The predicted molar refractivity (Wildman–Crippen MR) is 141 cm³/mol. The number of fused-ring (bicyclic) bond motifs is 1. The van der Waals surface area contributed by atoms with Crippen molar-refractivity contribution in [3.8, 4) is 28.7 Å². The highest BCUT2D eigenvalue weighted by Crippen LogP contribution is 2.45. The standard InChI is InChI=1S/C28H24F3N7O2/c1-15(16-4-8-18(9-5-16)25-35-20(13-37(25)2)28(29,30)31)38-21(39)11-10-19-12-32-24(36-26(19)38)22-23(17-6-7-17)33-14-34-27(22)40-3/h4-5,8-15,17H,6-7H2,1-3H3/t15-/m1/s1. The molecular formula is C28H24F3N7O2. The molecule has 5 aromatic rings. The van der Waals surface area contributed by atoms with Crippen LogP contribution in [0.4, 0.5) is 13.2 Å². The van der Waals surface area contributed by atoms with Gasteiger partial charge in [0.1, 0.15) is 23.4 Å². The minimum Gasteiger partial charge on any atom is -0.480 e. The van der Waals surface area contributed by atoms with Crippen LogP contribution >= 0.6 is 0 Å². The van der Waals surface area contributed by atoms with Gasteiger partial charge in [-0.2, -0.15) is 13.2 Å². The van der Waals surface area contributed by atoms with E-state index in [1.807, 2.05) is 6.92 Å². The largest absolute Gasteiger partial charge is 0.480 e. The Morgan fingerprint density at radius 3 is 2.42 bits per heavy atom. The lowest BCUT2D eigenvalue weighted by Crippen LogP contribution is -2.24. The molecule has 0 N–H and O–H groups in total. The lowest BCUT2D eigenvalue weighted by Gasteiger charge is -2.19. The predicted octanol–water partition coefficient (Wildman–Crippen LogP) is 5.16. The Morgan fingerprint density at radius 2 is 1.77 bits per heavy atom. The summed E-state index contributed by atoms with van der Waals surface area (Å²) >= 11 is 0. The van der Waals surface area contributed by atoms with Gasteiger partial charge in [-0.15, -0.1) is 0 Å². The first kappa shape index (κ1) is 25.7. The van der Waals surface area contributed by atoms with Gasteiger partial charge in [-0.05, 0) is 31.4 Å². The van der Waals surface area contributed by atoms with Crippen LogP contribution in [-0.4, -0.2) is 41.2 Å². The van der Waals surface area contributed by atoms with Crippen LogP contribution in [0.5, 0.6) is 5.88 Å². The molecule has 1 aromatic carbocycles. The molecule has 0 spiro atoms. The Kier molecular flexibility index (Phi) is 6.12. The summed E-state index contributed by atoms with van der Waals surface area (Å²) in [5.41, 5.74) is 1.94. The number of hydrogen-bond donors (Lipinski definition) is 0. The number of pyridine rings is 1. The first-order chi connectivity index (χ1) is 19.2. The highest BCUT2D eigenvalue weighted by Gasteiger charge is 2.35. The number of aryl methyl sites for hydroxylation is 1. The molecule has 1 atom stereocenters. The molecule has 6 rings (SSSR count). The van der Waals surface area contributed by atoms with E-state index in [-0.39, 0.29) is 17.3 Å². The number of nitrogens with zero attached hydrogens (tertiary/aromatic N) is 7. The first-order valence-electron chi connectivity index (χ1n) is 12.6. The van der Waals surface area contributed by atoms with Gasteiger partial charge in [-0.25, -0.2) is 24.9 Å². The van der Waals surface area contributed by atoms with Gasteiger partial charge in [0, 0.05) is 42.4 Å². The lowest BCUT2D eigenvalue weighted by atomic mass is 10.0. The van der Waals surface area contributed by atoms with E-state index in [9.17, 15) is 18.0 Å². The van der Waals surface area contributed by atoms with E-state index in [1.54, 1.807) is 41.1 Å². The van der Waals surface area contributed by atoms with Crippen molar-refractivity contribution in [1.82, 2.24) is 34.1 Å². The van der Waals surface area contributed by atoms with Crippen LogP contribution in [0.25, 0.3) is 33.8 Å². The van der Waals surface area contributed by atoms with Crippen LogP contribution in [-0.2, 0) is 13.2 Å². The molecule has 0 radical (unpaired) electrons. The summed E-state index contributed by atoms with van der Waals surface area (Å²) < 4.78 is 47.8. The molecular weight excluding hydrogens is 523 g/mol. The maximum atomic E-state index is 13.2. The molecule has 1 fully saturated rings. The van der Waals surface area contributed by atoms with Gasteiger partial charge in [0.05, 0.1) is 18.8 Å². The molecule has 204 valence electrons. The van der Waals surface area contributed by atoms with Crippen molar-refractivity contribution >= 4 is 11.0 Å². The van der Waals surface area contributed by atoms with Crippen molar-refractivity contribution in [2.24, 2.45) is 7.05 Å². The molecule has 0 amide bonds. The van der Waals surface area contributed by atoms with Gasteiger partial charge in [0.25, 0.3) is 5.56 Å². The van der Waals surface area contributed by atoms with E-state index >= 15 is 0 Å². The average Bonchev–Trinajstić information content (AvgIpc) is 3.72. The molecule has 0 unspecified atom stereocenters. The second-order valence-electron chi connectivity index (χ2n) is 9.79. The van der Waals surface area contributed by atoms with Crippen molar-refractivity contribution in [3.63, 3.8) is 0 Å². The van der Waals surface area contributed by atoms with E-state index in [1.165, 1.54) is 31.1 Å². The zero-order chi connectivity index (χ0) is 28.2. The average molecular weight is 548 g/mol. The number of hydrogen-bond acceptors (Lipinski definition) is 7. The minimum absolute atomic E-state index is 0.191. The number of alkyl halides is 3. The van der Waals surface area contributed by atoms with Crippen LogP contribution in [0.2, 0.25) is 0 Å². The summed E-state index contributed by atoms with van der Waals surface area (Å²) in [4.78, 5) is 35.0. The van der Waals surface area contributed by atoms with Crippen molar-refractivity contribution in [3.05, 3.63) is 82.4 Å². The van der Waals surface area contributed by atoms with Crippen molar-refractivity contribution in [2.75, 3.05) is 7.11 Å². The number of benzene rings is 1. The van der Waals surface area contributed by atoms with E-state index in [2.05, 4.69) is 19.9 Å². The van der Waals surface area contributed by atoms with Crippen LogP contribution in [0, 0.1) is 0 Å². The zero-order valence-corrected chi connectivity index (χ0v) is 21.8. The summed E-state index contributed by atoms with van der Waals surface area (Å²) in [6.07, 6.45) is 1.57. The topological polar surface area (TPSA) is 101 Å². The Hall–Kier alpha value is -4.61. The molecule has 1 aliphatic rings. The lowest BCUT2D eigenvalue weighted by molar-refractivity contribution is -0.140. The van der Waals surface area contributed by atoms with Gasteiger partial charge in [0.2, 0.25) is 5.88 Å². The van der Waals surface area contributed by atoms with E-state index < -0.39 is 17.9 Å². The molecule has 1 aliphatic carbocycles. The highest BCUT2D eigenvalue weighted by atomic mass is 19.4. The van der Waals surface area contributed by atoms with Crippen LogP contribution < -0.4 is 10.3 Å². The van der Waals surface area contributed by atoms with Gasteiger partial charge in [0.15, 0.2) is 11.5 Å². The molecule has 4 aromatic heterocycles. The molecule has 9 nitrogen and oxygen atoms in total. The first-order valence-corrected chi connectivity index (χ1v) is 12.6. The Labute approximate surface area is 226 Å². The fourth-order valence-corrected chi connectivity index (χ4v) is 4.88.